The maximum Gasteiger partial charge on any atom is 0.291 e. The van der Waals surface area contributed by atoms with E-state index in [0.29, 0.717) is 0 Å². The third-order valence-electron chi connectivity index (χ3n) is 9.95. The van der Waals surface area contributed by atoms with Gasteiger partial charge in [-0.1, -0.05) is 75.0 Å². The fraction of sp³-hybridized carbons (Fsp3) is 0.174. The first-order chi connectivity index (χ1) is 25.7. The highest BCUT2D eigenvalue weighted by Crippen LogP contribution is 2.38. The van der Waals surface area contributed by atoms with Crippen LogP contribution in [0, 0.1) is 13.8 Å². The van der Waals surface area contributed by atoms with Gasteiger partial charge in [-0.05, 0) is 126 Å². The van der Waals surface area contributed by atoms with E-state index in [1.807, 2.05) is 30.6 Å². The standard InChI is InChI=1S/C46H41BN4O2/c1-28(2)36-12-8-32(42-22-30(5)16-20-48-42)24-44(36)52-34-10-14-38-39-15-11-35(27-41(39)47(40(38)26-34)46-50-18-7-19-51-46)53-45-25-33(9-13-37(45)29(3)4)43-23-31(6)17-21-49-43/h7-29H,1-6H3. The lowest BCUT2D eigenvalue weighted by molar-refractivity contribution is 0.473. The molecule has 0 aliphatic carbocycles. The van der Waals surface area contributed by atoms with Gasteiger partial charge in [0.05, 0.1) is 17.1 Å². The highest BCUT2D eigenvalue weighted by molar-refractivity contribution is 6.98. The Morgan fingerprint density at radius 2 is 0.962 bits per heavy atom. The van der Waals surface area contributed by atoms with E-state index in [1.54, 1.807) is 12.4 Å². The van der Waals surface area contributed by atoms with E-state index >= 15 is 0 Å². The maximum atomic E-state index is 6.77. The van der Waals surface area contributed by atoms with Crippen molar-refractivity contribution in [2.75, 3.05) is 0 Å². The van der Waals surface area contributed by atoms with Crippen LogP contribution in [0.3, 0.4) is 0 Å². The fourth-order valence-corrected chi connectivity index (χ4v) is 7.24. The van der Waals surface area contributed by atoms with Gasteiger partial charge in [0, 0.05) is 35.9 Å². The van der Waals surface area contributed by atoms with E-state index < -0.39 is 0 Å². The largest absolute Gasteiger partial charge is 0.457 e. The second kappa shape index (κ2) is 14.2. The van der Waals surface area contributed by atoms with Crippen LogP contribution in [0.25, 0.3) is 33.6 Å². The van der Waals surface area contributed by atoms with Crippen molar-refractivity contribution in [3.05, 3.63) is 150 Å². The van der Waals surface area contributed by atoms with Crippen molar-refractivity contribution < 1.29 is 9.47 Å². The van der Waals surface area contributed by atoms with Gasteiger partial charge in [0.15, 0.2) is 0 Å². The number of hydrogen-bond acceptors (Lipinski definition) is 6. The van der Waals surface area contributed by atoms with Crippen molar-refractivity contribution >= 4 is 23.4 Å². The Balaban J connectivity index is 1.17. The van der Waals surface area contributed by atoms with Crippen molar-refractivity contribution in [1.29, 1.82) is 0 Å². The second-order valence-electron chi connectivity index (χ2n) is 14.5. The number of benzene rings is 4. The summed E-state index contributed by atoms with van der Waals surface area (Å²) in [6.45, 7) is 12.7. The SMILES string of the molecule is Cc1ccnc(-c2ccc(C(C)C)c(Oc3ccc4c(c3)B(c3ncccn3)c3cc(Oc5cc(-c6cc(C)ccn6)ccc5C(C)C)ccc3-4)c2)c1. The van der Waals surface area contributed by atoms with E-state index in [0.717, 1.165) is 84.4 Å². The summed E-state index contributed by atoms with van der Waals surface area (Å²) < 4.78 is 13.5. The highest BCUT2D eigenvalue weighted by Gasteiger charge is 2.36. The summed E-state index contributed by atoms with van der Waals surface area (Å²) in [6.07, 6.45) is 7.32. The summed E-state index contributed by atoms with van der Waals surface area (Å²) in [4.78, 5) is 18.8. The number of rotatable bonds is 9. The van der Waals surface area contributed by atoms with E-state index in [4.69, 9.17) is 19.4 Å². The van der Waals surface area contributed by atoms with Gasteiger partial charge in [-0.3, -0.25) is 19.9 Å². The topological polar surface area (TPSA) is 70.0 Å². The molecule has 1 aliphatic heterocycles. The molecule has 0 fully saturated rings. The van der Waals surface area contributed by atoms with Gasteiger partial charge in [-0.25, -0.2) is 0 Å². The van der Waals surface area contributed by atoms with Crippen molar-refractivity contribution in [2.45, 2.75) is 53.4 Å². The van der Waals surface area contributed by atoms with Crippen molar-refractivity contribution in [2.24, 2.45) is 0 Å². The molecule has 7 heteroatoms. The van der Waals surface area contributed by atoms with Crippen molar-refractivity contribution in [1.82, 2.24) is 19.9 Å². The first-order valence-corrected chi connectivity index (χ1v) is 18.3. The lowest BCUT2D eigenvalue weighted by Crippen LogP contribution is -2.51. The number of ether oxygens (including phenoxy) is 2. The predicted octanol–water partition coefficient (Wildman–Crippen LogP) is 9.55. The van der Waals surface area contributed by atoms with Gasteiger partial charge in [0.2, 0.25) is 0 Å². The average Bonchev–Trinajstić information content (AvgIpc) is 3.47. The molecule has 6 nitrogen and oxygen atoms in total. The minimum absolute atomic E-state index is 0.201. The Labute approximate surface area is 312 Å². The summed E-state index contributed by atoms with van der Waals surface area (Å²) in [5.74, 6) is 3.71. The van der Waals surface area contributed by atoms with Gasteiger partial charge in [0.25, 0.3) is 6.71 Å². The molecule has 260 valence electrons. The fourth-order valence-electron chi connectivity index (χ4n) is 7.24. The molecule has 0 atom stereocenters. The summed E-state index contributed by atoms with van der Waals surface area (Å²) in [5.41, 5.74) is 13.7. The molecule has 0 N–H and O–H groups in total. The number of aromatic nitrogens is 4. The Kier molecular flexibility index (Phi) is 9.09. The Morgan fingerprint density at radius 3 is 1.40 bits per heavy atom. The third-order valence-corrected chi connectivity index (χ3v) is 9.95. The smallest absolute Gasteiger partial charge is 0.291 e. The van der Waals surface area contributed by atoms with Crippen LogP contribution in [0.1, 0.15) is 61.8 Å². The summed E-state index contributed by atoms with van der Waals surface area (Å²) >= 11 is 0. The molecule has 0 amide bonds. The molecule has 0 spiro atoms. The van der Waals surface area contributed by atoms with E-state index in [2.05, 4.69) is 136 Å². The molecule has 53 heavy (non-hydrogen) atoms. The number of hydrogen-bond donors (Lipinski definition) is 0. The second-order valence-corrected chi connectivity index (χ2v) is 14.5. The third kappa shape index (κ3) is 6.83. The minimum Gasteiger partial charge on any atom is -0.457 e. The highest BCUT2D eigenvalue weighted by atomic mass is 16.5. The zero-order valence-electron chi connectivity index (χ0n) is 31.0. The summed E-state index contributed by atoms with van der Waals surface area (Å²) in [7, 11) is 0. The van der Waals surface area contributed by atoms with Crippen LogP contribution >= 0.6 is 0 Å². The zero-order valence-corrected chi connectivity index (χ0v) is 31.0. The number of nitrogens with zero attached hydrogens (tertiary/aromatic N) is 4. The molecule has 0 unspecified atom stereocenters. The maximum absolute atomic E-state index is 6.77. The van der Waals surface area contributed by atoms with Crippen molar-refractivity contribution in [3.63, 3.8) is 0 Å². The van der Waals surface area contributed by atoms with Crippen LogP contribution in [0.4, 0.5) is 0 Å². The first-order valence-electron chi connectivity index (χ1n) is 18.3. The molecule has 0 bridgehead atoms. The Morgan fingerprint density at radius 1 is 0.491 bits per heavy atom. The van der Waals surface area contributed by atoms with E-state index in [9.17, 15) is 0 Å². The number of pyridine rings is 2. The molecule has 4 heterocycles. The summed E-state index contributed by atoms with van der Waals surface area (Å²) in [5, 5.41) is 0. The van der Waals surface area contributed by atoms with Gasteiger partial charge in [0.1, 0.15) is 23.0 Å². The van der Waals surface area contributed by atoms with E-state index in [-0.39, 0.29) is 18.5 Å². The molecule has 1 aliphatic rings. The van der Waals surface area contributed by atoms with Crippen molar-refractivity contribution in [3.8, 4) is 56.6 Å². The van der Waals surface area contributed by atoms with Crippen LogP contribution in [0.2, 0.25) is 0 Å². The molecule has 0 radical (unpaired) electrons. The number of aryl methyl sites for hydroxylation is 2. The van der Waals surface area contributed by atoms with Crippen LogP contribution in [0.15, 0.2) is 128 Å². The quantitative estimate of drug-likeness (QED) is 0.140. The zero-order chi connectivity index (χ0) is 36.6. The molecule has 0 saturated heterocycles. The van der Waals surface area contributed by atoms with Gasteiger partial charge < -0.3 is 9.47 Å². The molecular formula is C46H41BN4O2. The summed E-state index contributed by atoms with van der Waals surface area (Å²) in [6, 6.07) is 35.6. The van der Waals surface area contributed by atoms with E-state index in [1.165, 1.54) is 11.1 Å². The predicted molar refractivity (Wildman–Crippen MR) is 216 cm³/mol. The lowest BCUT2D eigenvalue weighted by Gasteiger charge is -2.17. The normalized spacial score (nSPS) is 11.9. The molecule has 0 saturated carbocycles. The van der Waals surface area contributed by atoms with Gasteiger partial charge in [-0.15, -0.1) is 0 Å². The Bertz CT molecular complexity index is 2310. The number of fused-ring (bicyclic) bond motifs is 3. The molecule has 8 rings (SSSR count). The lowest BCUT2D eigenvalue weighted by atomic mass is 9.42. The van der Waals surface area contributed by atoms with Crippen LogP contribution < -0.4 is 26.1 Å². The molecule has 7 aromatic rings. The van der Waals surface area contributed by atoms with Gasteiger partial charge in [-0.2, -0.15) is 0 Å². The van der Waals surface area contributed by atoms with Crippen LogP contribution in [0.5, 0.6) is 23.0 Å². The van der Waals surface area contributed by atoms with Crippen LogP contribution in [-0.4, -0.2) is 26.6 Å². The van der Waals surface area contributed by atoms with Gasteiger partial charge >= 0.3 is 0 Å². The molecular weight excluding hydrogens is 651 g/mol. The monoisotopic (exact) mass is 692 g/mol. The Hall–Kier alpha value is -6.08. The first kappa shape index (κ1) is 34.0. The molecule has 4 aromatic carbocycles. The minimum atomic E-state index is -0.201. The molecule has 3 aromatic heterocycles. The van der Waals surface area contributed by atoms with Crippen LogP contribution in [-0.2, 0) is 0 Å². The average molecular weight is 693 g/mol.